The second-order valence-corrected chi connectivity index (χ2v) is 8.41. The van der Waals surface area contributed by atoms with E-state index in [4.69, 9.17) is 16.3 Å². The third-order valence-corrected chi connectivity index (χ3v) is 5.65. The van der Waals surface area contributed by atoms with Crippen molar-refractivity contribution in [3.05, 3.63) is 77.1 Å². The van der Waals surface area contributed by atoms with Crippen molar-refractivity contribution in [3.8, 4) is 0 Å². The number of carbonyl (C=O) groups is 3. The molecule has 0 bridgehead atoms. The fourth-order valence-electron chi connectivity index (χ4n) is 3.60. The molecule has 33 heavy (non-hydrogen) atoms. The van der Waals surface area contributed by atoms with Gasteiger partial charge in [0.05, 0.1) is 12.5 Å². The van der Waals surface area contributed by atoms with Crippen LogP contribution in [-0.4, -0.2) is 41.3 Å². The molecule has 0 saturated carbocycles. The quantitative estimate of drug-likeness (QED) is 0.408. The van der Waals surface area contributed by atoms with E-state index in [-0.39, 0.29) is 37.2 Å². The van der Waals surface area contributed by atoms with Gasteiger partial charge in [-0.05, 0) is 30.0 Å². The molecule has 0 fully saturated rings. The summed E-state index contributed by atoms with van der Waals surface area (Å²) >= 11 is 5.79. The first-order chi connectivity index (χ1) is 15.9. The van der Waals surface area contributed by atoms with Gasteiger partial charge in [0.1, 0.15) is 11.3 Å². The minimum Gasteiger partial charge on any atom is -0.456 e. The van der Waals surface area contributed by atoms with Crippen LogP contribution in [-0.2, 0) is 25.7 Å². The molecule has 0 unspecified atom stereocenters. The summed E-state index contributed by atoms with van der Waals surface area (Å²) in [6, 6.07) is 12.8. The Bertz CT molecular complexity index is 979. The lowest BCUT2D eigenvalue weighted by molar-refractivity contribution is -0.152. The van der Waals surface area contributed by atoms with E-state index in [0.29, 0.717) is 24.5 Å². The summed E-state index contributed by atoms with van der Waals surface area (Å²) < 4.78 is 5.68. The number of hydrogen-bond acceptors (Lipinski definition) is 5. The zero-order valence-corrected chi connectivity index (χ0v) is 19.3. The van der Waals surface area contributed by atoms with Crippen molar-refractivity contribution in [2.24, 2.45) is 5.92 Å². The van der Waals surface area contributed by atoms with Gasteiger partial charge in [-0.2, -0.15) is 0 Å². The standard InChI is InChI=1S/C25H28ClN3O4/c1-29-17-21(19-8-4-2-5-9-19)33-24(31)11-7-3-6-10-20(25(29)32)14-23(30)28-16-18-12-13-22(26)27-15-18/h2-6,8-9,12-13,15,20-21H,7,10-11,14,16-17H2,1H3,(H,28,30)/t20-,21-/m0/s1. The van der Waals surface area contributed by atoms with E-state index in [2.05, 4.69) is 10.3 Å². The number of aromatic nitrogens is 1. The molecule has 1 aliphatic rings. The van der Waals surface area contributed by atoms with Gasteiger partial charge in [0.2, 0.25) is 11.8 Å². The fourth-order valence-corrected chi connectivity index (χ4v) is 3.72. The zero-order valence-electron chi connectivity index (χ0n) is 18.6. The maximum Gasteiger partial charge on any atom is 0.306 e. The average Bonchev–Trinajstić information content (AvgIpc) is 2.81. The summed E-state index contributed by atoms with van der Waals surface area (Å²) in [5.74, 6) is -1.20. The SMILES string of the molecule is CN1C[C@@H](c2ccccc2)OC(=O)CCC=CC[C@@H](CC(=O)NCc2ccc(Cl)nc2)C1=O. The van der Waals surface area contributed by atoms with Crippen molar-refractivity contribution in [1.29, 1.82) is 0 Å². The second kappa shape index (κ2) is 12.2. The maximum absolute atomic E-state index is 13.2. The van der Waals surface area contributed by atoms with Crippen LogP contribution in [0.2, 0.25) is 5.15 Å². The number of halogens is 1. The number of pyridine rings is 1. The number of benzene rings is 1. The molecular weight excluding hydrogens is 442 g/mol. The van der Waals surface area contributed by atoms with E-state index in [9.17, 15) is 14.4 Å². The average molecular weight is 470 g/mol. The molecule has 1 aromatic heterocycles. The highest BCUT2D eigenvalue weighted by Gasteiger charge is 2.27. The van der Waals surface area contributed by atoms with Crippen LogP contribution in [0.1, 0.15) is 42.9 Å². The molecule has 2 aromatic rings. The van der Waals surface area contributed by atoms with Crippen LogP contribution in [0.25, 0.3) is 0 Å². The zero-order chi connectivity index (χ0) is 23.6. The summed E-state index contributed by atoms with van der Waals surface area (Å²) in [5.41, 5.74) is 1.64. The molecule has 0 aliphatic carbocycles. The Hall–Kier alpha value is -3.19. The molecule has 0 saturated heterocycles. The number of amides is 2. The van der Waals surface area contributed by atoms with Crippen molar-refractivity contribution >= 4 is 29.4 Å². The van der Waals surface area contributed by atoms with Crippen LogP contribution in [0.15, 0.2) is 60.8 Å². The highest BCUT2D eigenvalue weighted by atomic mass is 35.5. The minimum absolute atomic E-state index is 0.0598. The van der Waals surface area contributed by atoms with E-state index in [1.54, 1.807) is 30.3 Å². The number of cyclic esters (lactones) is 1. The van der Waals surface area contributed by atoms with Crippen molar-refractivity contribution in [3.63, 3.8) is 0 Å². The molecule has 1 N–H and O–H groups in total. The smallest absolute Gasteiger partial charge is 0.306 e. The summed E-state index contributed by atoms with van der Waals surface area (Å²) in [5, 5.41) is 3.23. The normalized spacial score (nSPS) is 19.9. The summed E-state index contributed by atoms with van der Waals surface area (Å²) in [7, 11) is 1.67. The highest BCUT2D eigenvalue weighted by molar-refractivity contribution is 6.29. The van der Waals surface area contributed by atoms with Crippen LogP contribution in [0, 0.1) is 5.92 Å². The number of allylic oxidation sites excluding steroid dienone is 2. The highest BCUT2D eigenvalue weighted by Crippen LogP contribution is 2.22. The van der Waals surface area contributed by atoms with Gasteiger partial charge in [0.15, 0.2) is 0 Å². The molecular formula is C25H28ClN3O4. The first kappa shape index (κ1) is 24.5. The monoisotopic (exact) mass is 469 g/mol. The Labute approximate surface area is 198 Å². The lowest BCUT2D eigenvalue weighted by Crippen LogP contribution is -2.39. The summed E-state index contributed by atoms with van der Waals surface area (Å²) in [4.78, 5) is 43.6. The van der Waals surface area contributed by atoms with Crippen LogP contribution < -0.4 is 5.32 Å². The number of esters is 1. The number of ether oxygens (including phenoxy) is 1. The largest absolute Gasteiger partial charge is 0.456 e. The maximum atomic E-state index is 13.2. The van der Waals surface area contributed by atoms with Crippen molar-refractivity contribution in [1.82, 2.24) is 15.2 Å². The Morgan fingerprint density at radius 2 is 1.97 bits per heavy atom. The predicted molar refractivity (Wildman–Crippen MR) is 125 cm³/mol. The molecule has 0 radical (unpaired) electrons. The van der Waals surface area contributed by atoms with E-state index in [1.165, 1.54) is 0 Å². The van der Waals surface area contributed by atoms with Gasteiger partial charge in [0.25, 0.3) is 0 Å². The van der Waals surface area contributed by atoms with Gasteiger partial charge in [0, 0.05) is 32.6 Å². The van der Waals surface area contributed by atoms with Gasteiger partial charge in [-0.1, -0.05) is 60.2 Å². The third-order valence-electron chi connectivity index (χ3n) is 5.42. The van der Waals surface area contributed by atoms with Gasteiger partial charge < -0.3 is 15.0 Å². The van der Waals surface area contributed by atoms with E-state index in [1.807, 2.05) is 42.5 Å². The first-order valence-corrected chi connectivity index (χ1v) is 11.3. The Morgan fingerprint density at radius 3 is 2.70 bits per heavy atom. The number of rotatable bonds is 5. The van der Waals surface area contributed by atoms with E-state index < -0.39 is 12.0 Å². The molecule has 8 heteroatoms. The van der Waals surface area contributed by atoms with Gasteiger partial charge in [-0.15, -0.1) is 0 Å². The van der Waals surface area contributed by atoms with Crippen molar-refractivity contribution < 1.29 is 19.1 Å². The molecule has 3 rings (SSSR count). The molecule has 2 atom stereocenters. The molecule has 0 spiro atoms. The van der Waals surface area contributed by atoms with Crippen LogP contribution in [0.5, 0.6) is 0 Å². The van der Waals surface area contributed by atoms with Gasteiger partial charge >= 0.3 is 5.97 Å². The van der Waals surface area contributed by atoms with Crippen LogP contribution in [0.4, 0.5) is 0 Å². The molecule has 2 heterocycles. The van der Waals surface area contributed by atoms with Gasteiger partial charge in [-0.3, -0.25) is 14.4 Å². The van der Waals surface area contributed by atoms with Crippen LogP contribution >= 0.6 is 11.6 Å². The first-order valence-electron chi connectivity index (χ1n) is 10.9. The number of hydrogen-bond donors (Lipinski definition) is 1. The Morgan fingerprint density at radius 1 is 1.18 bits per heavy atom. The van der Waals surface area contributed by atoms with E-state index in [0.717, 1.165) is 11.1 Å². The second-order valence-electron chi connectivity index (χ2n) is 8.02. The lowest BCUT2D eigenvalue weighted by atomic mass is 9.97. The minimum atomic E-state index is -0.567. The third kappa shape index (κ3) is 7.71. The summed E-state index contributed by atoms with van der Waals surface area (Å²) in [6.45, 7) is 0.522. The molecule has 1 aliphatic heterocycles. The number of likely N-dealkylation sites (N-methyl/N-ethyl adjacent to an activating group) is 1. The van der Waals surface area contributed by atoms with Crippen molar-refractivity contribution in [2.75, 3.05) is 13.6 Å². The fraction of sp³-hybridized carbons (Fsp3) is 0.360. The van der Waals surface area contributed by atoms with Crippen LogP contribution in [0.3, 0.4) is 0 Å². The molecule has 1 aromatic carbocycles. The molecule has 174 valence electrons. The van der Waals surface area contributed by atoms with E-state index >= 15 is 0 Å². The Kier molecular flexibility index (Phi) is 9.01. The number of nitrogens with one attached hydrogen (secondary N) is 1. The number of carbonyl (C=O) groups excluding carboxylic acids is 3. The Balaban J connectivity index is 1.68. The van der Waals surface area contributed by atoms with Crippen molar-refractivity contribution in [2.45, 2.75) is 38.3 Å². The number of nitrogens with zero attached hydrogens (tertiary/aromatic N) is 2. The van der Waals surface area contributed by atoms with Gasteiger partial charge in [-0.25, -0.2) is 4.98 Å². The topological polar surface area (TPSA) is 88.6 Å². The predicted octanol–water partition coefficient (Wildman–Crippen LogP) is 3.84. The lowest BCUT2D eigenvalue weighted by Gasteiger charge is -2.28. The summed E-state index contributed by atoms with van der Waals surface area (Å²) in [6.07, 6.45) is 6.02. The molecule has 2 amide bonds. The molecule has 7 nitrogen and oxygen atoms in total.